The molecule has 0 bridgehead atoms. The zero-order valence-corrected chi connectivity index (χ0v) is 24.4. The van der Waals surface area contributed by atoms with Gasteiger partial charge in [-0.1, -0.05) is 66.2 Å². The van der Waals surface area contributed by atoms with Crippen LogP contribution >= 0.6 is 35.1 Å². The second kappa shape index (κ2) is 13.8. The summed E-state index contributed by atoms with van der Waals surface area (Å²) in [6.45, 7) is 2.53. The summed E-state index contributed by atoms with van der Waals surface area (Å²) in [4.78, 5) is 12.3. The van der Waals surface area contributed by atoms with Gasteiger partial charge in [0, 0.05) is 11.5 Å². The minimum atomic E-state index is -0.367. The fourth-order valence-electron chi connectivity index (χ4n) is 4.27. The molecule has 1 aliphatic rings. The first-order valence-corrected chi connectivity index (χ1v) is 15.4. The Kier molecular flexibility index (Phi) is 9.76. The smallest absolute Gasteiger partial charge is 0.277 e. The molecule has 206 valence electrons. The highest BCUT2D eigenvalue weighted by Gasteiger charge is 2.18. The second-order valence-electron chi connectivity index (χ2n) is 8.91. The number of carbonyl (C=O) groups excluding carboxylic acids is 1. The predicted octanol–water partition coefficient (Wildman–Crippen LogP) is 7.48. The number of amides is 1. The summed E-state index contributed by atoms with van der Waals surface area (Å²) in [7, 11) is 0. The fourth-order valence-corrected chi connectivity index (χ4v) is 7.40. The molecule has 0 aliphatic carbocycles. The Morgan fingerprint density at radius 1 is 1.00 bits per heavy atom. The summed E-state index contributed by atoms with van der Waals surface area (Å²) in [5, 5.41) is 6.72. The van der Waals surface area contributed by atoms with Crippen molar-refractivity contribution in [3.63, 3.8) is 0 Å². The van der Waals surface area contributed by atoms with Crippen LogP contribution in [0, 0.1) is 0 Å². The normalized spacial score (nSPS) is 13.6. The Bertz CT molecular complexity index is 1490. The van der Waals surface area contributed by atoms with E-state index in [0.29, 0.717) is 45.6 Å². The van der Waals surface area contributed by atoms with Crippen LogP contribution in [-0.2, 0) is 11.4 Å². The van der Waals surface area contributed by atoms with Gasteiger partial charge in [-0.05, 0) is 58.7 Å². The standard InChI is InChI=1S/C31H29ClN2O4S2/c1-2-36-28-17-21(16-27(32)30(28)38-19-24-8-5-7-22-6-3-4-9-26(22)24)18-33-34-29(35)20-37-25-12-10-23(11-13-25)31-39-14-15-40-31/h3-13,16-18,31H,2,14-15,19-20H2,1H3,(H,34,35)/b33-18-. The molecule has 0 radical (unpaired) electrons. The number of fused-ring (bicyclic) bond motifs is 1. The van der Waals surface area contributed by atoms with Crippen molar-refractivity contribution in [2.45, 2.75) is 18.1 Å². The summed E-state index contributed by atoms with van der Waals surface area (Å²) in [6.07, 6.45) is 1.51. The summed E-state index contributed by atoms with van der Waals surface area (Å²) in [5.74, 6) is 3.59. The molecule has 1 fully saturated rings. The zero-order valence-electron chi connectivity index (χ0n) is 22.0. The lowest BCUT2D eigenvalue weighted by Gasteiger charge is -2.15. The van der Waals surface area contributed by atoms with Crippen molar-refractivity contribution >= 4 is 58.0 Å². The second-order valence-corrected chi connectivity index (χ2v) is 12.0. The first kappa shape index (κ1) is 28.2. The van der Waals surface area contributed by atoms with Crippen molar-refractivity contribution in [1.29, 1.82) is 0 Å². The number of hydrazone groups is 1. The Morgan fingerprint density at radius 2 is 1.77 bits per heavy atom. The van der Waals surface area contributed by atoms with Crippen molar-refractivity contribution in [3.8, 4) is 17.2 Å². The highest BCUT2D eigenvalue weighted by atomic mass is 35.5. The molecule has 9 heteroatoms. The highest BCUT2D eigenvalue weighted by Crippen LogP contribution is 2.45. The van der Waals surface area contributed by atoms with Gasteiger partial charge in [-0.15, -0.1) is 23.5 Å². The molecular weight excluding hydrogens is 564 g/mol. The van der Waals surface area contributed by atoms with Gasteiger partial charge < -0.3 is 14.2 Å². The van der Waals surface area contributed by atoms with Gasteiger partial charge in [0.05, 0.1) is 22.4 Å². The molecule has 1 amide bonds. The number of hydrogen-bond acceptors (Lipinski definition) is 7. The molecule has 0 saturated carbocycles. The number of benzene rings is 4. The molecule has 5 rings (SSSR count). The minimum absolute atomic E-state index is 0.143. The lowest BCUT2D eigenvalue weighted by molar-refractivity contribution is -0.123. The number of nitrogens with one attached hydrogen (secondary N) is 1. The van der Waals surface area contributed by atoms with Crippen LogP contribution in [0.3, 0.4) is 0 Å². The van der Waals surface area contributed by atoms with Gasteiger partial charge in [-0.2, -0.15) is 5.10 Å². The minimum Gasteiger partial charge on any atom is -0.490 e. The van der Waals surface area contributed by atoms with Crippen LogP contribution in [0.4, 0.5) is 0 Å². The number of nitrogens with zero attached hydrogens (tertiary/aromatic N) is 1. The Morgan fingerprint density at radius 3 is 2.58 bits per heavy atom. The SMILES string of the molecule is CCOc1cc(/C=N\NC(=O)COc2ccc(C3SCCS3)cc2)cc(Cl)c1OCc1cccc2ccccc12. The van der Waals surface area contributed by atoms with Crippen LogP contribution in [0.2, 0.25) is 5.02 Å². The van der Waals surface area contributed by atoms with Gasteiger partial charge in [-0.3, -0.25) is 4.79 Å². The average molecular weight is 593 g/mol. The average Bonchev–Trinajstić information content (AvgIpc) is 3.51. The molecular formula is C31H29ClN2O4S2. The molecule has 1 heterocycles. The van der Waals surface area contributed by atoms with E-state index in [1.165, 1.54) is 23.3 Å². The lowest BCUT2D eigenvalue weighted by Crippen LogP contribution is -2.24. The van der Waals surface area contributed by atoms with Crippen LogP contribution in [0.25, 0.3) is 10.8 Å². The van der Waals surface area contributed by atoms with Gasteiger partial charge in [0.2, 0.25) is 0 Å². The number of thioether (sulfide) groups is 2. The van der Waals surface area contributed by atoms with Crippen LogP contribution in [0.5, 0.6) is 17.2 Å². The van der Waals surface area contributed by atoms with E-state index >= 15 is 0 Å². The highest BCUT2D eigenvalue weighted by molar-refractivity contribution is 8.19. The van der Waals surface area contributed by atoms with E-state index in [2.05, 4.69) is 40.9 Å². The van der Waals surface area contributed by atoms with Crippen LogP contribution in [0.1, 0.15) is 28.2 Å². The molecule has 40 heavy (non-hydrogen) atoms. The molecule has 6 nitrogen and oxygen atoms in total. The van der Waals surface area contributed by atoms with E-state index in [-0.39, 0.29) is 12.5 Å². The van der Waals surface area contributed by atoms with Gasteiger partial charge in [-0.25, -0.2) is 5.43 Å². The summed E-state index contributed by atoms with van der Waals surface area (Å²) in [6, 6.07) is 25.7. The molecule has 1 saturated heterocycles. The molecule has 0 spiro atoms. The molecule has 0 aromatic heterocycles. The maximum absolute atomic E-state index is 12.3. The number of rotatable bonds is 11. The Labute approximate surface area is 247 Å². The number of ether oxygens (including phenoxy) is 3. The van der Waals surface area contributed by atoms with E-state index in [0.717, 1.165) is 16.3 Å². The van der Waals surface area contributed by atoms with Gasteiger partial charge in [0.1, 0.15) is 12.4 Å². The Balaban J connectivity index is 1.17. The van der Waals surface area contributed by atoms with Crippen molar-refractivity contribution in [1.82, 2.24) is 5.43 Å². The predicted molar refractivity (Wildman–Crippen MR) is 166 cm³/mol. The quantitative estimate of drug-likeness (QED) is 0.144. The largest absolute Gasteiger partial charge is 0.490 e. The molecule has 0 unspecified atom stereocenters. The molecule has 4 aromatic rings. The van der Waals surface area contributed by atoms with E-state index in [1.54, 1.807) is 12.1 Å². The molecule has 0 atom stereocenters. The number of carbonyl (C=O) groups is 1. The molecule has 4 aromatic carbocycles. The van der Waals surface area contributed by atoms with Crippen molar-refractivity contribution in [3.05, 3.63) is 101 Å². The molecule has 1 aliphatic heterocycles. The third-order valence-electron chi connectivity index (χ3n) is 6.13. The lowest BCUT2D eigenvalue weighted by atomic mass is 10.1. The van der Waals surface area contributed by atoms with E-state index in [4.69, 9.17) is 25.8 Å². The van der Waals surface area contributed by atoms with E-state index in [1.807, 2.05) is 66.8 Å². The van der Waals surface area contributed by atoms with Gasteiger partial charge in [0.25, 0.3) is 5.91 Å². The first-order chi connectivity index (χ1) is 19.6. The topological polar surface area (TPSA) is 69.2 Å². The number of hydrogen-bond donors (Lipinski definition) is 1. The molecule has 1 N–H and O–H groups in total. The maximum Gasteiger partial charge on any atom is 0.277 e. The first-order valence-electron chi connectivity index (χ1n) is 12.9. The summed E-state index contributed by atoms with van der Waals surface area (Å²) < 4.78 is 18.0. The van der Waals surface area contributed by atoms with Crippen LogP contribution in [-0.4, -0.2) is 36.8 Å². The van der Waals surface area contributed by atoms with Gasteiger partial charge >= 0.3 is 0 Å². The Hall–Kier alpha value is -3.33. The maximum atomic E-state index is 12.3. The number of halogens is 1. The van der Waals surface area contributed by atoms with Gasteiger partial charge in [0.15, 0.2) is 18.1 Å². The van der Waals surface area contributed by atoms with Crippen molar-refractivity contribution in [2.75, 3.05) is 24.7 Å². The third kappa shape index (κ3) is 7.24. The summed E-state index contributed by atoms with van der Waals surface area (Å²) >= 11 is 10.5. The third-order valence-corrected chi connectivity index (χ3v) is 9.52. The van der Waals surface area contributed by atoms with E-state index in [9.17, 15) is 4.79 Å². The summed E-state index contributed by atoms with van der Waals surface area (Å²) in [5.41, 5.74) is 5.47. The van der Waals surface area contributed by atoms with E-state index < -0.39 is 0 Å². The fraction of sp³-hybridized carbons (Fsp3) is 0.226. The van der Waals surface area contributed by atoms with Crippen molar-refractivity contribution < 1.29 is 19.0 Å². The van der Waals surface area contributed by atoms with Crippen molar-refractivity contribution in [2.24, 2.45) is 5.10 Å². The van der Waals surface area contributed by atoms with Crippen LogP contribution in [0.15, 0.2) is 84.0 Å². The zero-order chi connectivity index (χ0) is 27.7. The monoisotopic (exact) mass is 592 g/mol. The van der Waals surface area contributed by atoms with Crippen LogP contribution < -0.4 is 19.6 Å².